The van der Waals surface area contributed by atoms with E-state index in [1.165, 1.54) is 0 Å². The van der Waals surface area contributed by atoms with E-state index in [2.05, 4.69) is 37.6 Å². The Hall–Kier alpha value is -1.76. The summed E-state index contributed by atoms with van der Waals surface area (Å²) in [5.74, 6) is 0.980. The van der Waals surface area contributed by atoms with Gasteiger partial charge in [-0.3, -0.25) is 4.98 Å². The first-order valence-corrected chi connectivity index (χ1v) is 6.39. The normalized spacial score (nSPS) is 19.5. The van der Waals surface area contributed by atoms with Crippen molar-refractivity contribution < 1.29 is 0 Å². The van der Waals surface area contributed by atoms with Crippen LogP contribution in [0.1, 0.15) is 19.8 Å². The third-order valence-corrected chi connectivity index (χ3v) is 3.32. The maximum Gasteiger partial charge on any atom is 0.199 e. The van der Waals surface area contributed by atoms with Gasteiger partial charge in [-0.1, -0.05) is 6.92 Å². The maximum atomic E-state index is 4.23. The molecule has 1 aliphatic rings. The van der Waals surface area contributed by atoms with E-state index in [-0.39, 0.29) is 0 Å². The highest BCUT2D eigenvalue weighted by atomic mass is 15.5. The van der Waals surface area contributed by atoms with E-state index in [4.69, 9.17) is 0 Å². The fraction of sp³-hybridized carbons (Fsp3) is 0.636. The molecule has 0 bridgehead atoms. The van der Waals surface area contributed by atoms with Crippen LogP contribution in [-0.2, 0) is 0 Å². The molecular formula is C11H17N7. The largest absolute Gasteiger partial charge is 0.351 e. The van der Waals surface area contributed by atoms with Crippen LogP contribution in [0.3, 0.4) is 0 Å². The van der Waals surface area contributed by atoms with Gasteiger partial charge in [-0.15, -0.1) is 5.10 Å². The van der Waals surface area contributed by atoms with Crippen LogP contribution in [0.4, 0.5) is 5.82 Å². The van der Waals surface area contributed by atoms with Crippen LogP contribution >= 0.6 is 0 Å². The monoisotopic (exact) mass is 247 g/mol. The van der Waals surface area contributed by atoms with Gasteiger partial charge in [0.15, 0.2) is 11.5 Å². The Morgan fingerprint density at radius 3 is 3.22 bits per heavy atom. The molecule has 0 aliphatic carbocycles. The number of rotatable bonds is 4. The summed E-state index contributed by atoms with van der Waals surface area (Å²) in [6.07, 6.45) is 5.77. The van der Waals surface area contributed by atoms with Gasteiger partial charge in [0.05, 0.1) is 12.4 Å². The molecule has 1 fully saturated rings. The number of tetrazole rings is 1. The molecule has 96 valence electrons. The highest BCUT2D eigenvalue weighted by Gasteiger charge is 2.24. The minimum Gasteiger partial charge on any atom is -0.351 e. The third kappa shape index (κ3) is 1.90. The zero-order valence-corrected chi connectivity index (χ0v) is 10.5. The average Bonchev–Trinajstić information content (AvgIpc) is 3.06. The van der Waals surface area contributed by atoms with Crippen LogP contribution in [0.2, 0.25) is 0 Å². The van der Waals surface area contributed by atoms with Crippen LogP contribution in [0.5, 0.6) is 0 Å². The van der Waals surface area contributed by atoms with E-state index >= 15 is 0 Å². The molecule has 0 aromatic carbocycles. The van der Waals surface area contributed by atoms with Crippen molar-refractivity contribution in [3.05, 3.63) is 12.4 Å². The topological polar surface area (TPSA) is 71.2 Å². The van der Waals surface area contributed by atoms with Gasteiger partial charge in [0.25, 0.3) is 0 Å². The number of nitrogens with zero attached hydrogens (tertiary/aromatic N) is 6. The fourth-order valence-corrected chi connectivity index (χ4v) is 2.49. The zero-order valence-electron chi connectivity index (χ0n) is 10.5. The lowest BCUT2D eigenvalue weighted by Gasteiger charge is -2.29. The second-order valence-corrected chi connectivity index (χ2v) is 4.55. The van der Waals surface area contributed by atoms with Crippen molar-refractivity contribution in [1.82, 2.24) is 30.3 Å². The molecule has 0 spiro atoms. The number of hydrogen-bond acceptors (Lipinski definition) is 6. The van der Waals surface area contributed by atoms with Crippen molar-refractivity contribution in [3.8, 4) is 0 Å². The van der Waals surface area contributed by atoms with Crippen LogP contribution in [0.15, 0.2) is 12.4 Å². The smallest absolute Gasteiger partial charge is 0.199 e. The molecule has 3 rings (SSSR count). The van der Waals surface area contributed by atoms with E-state index < -0.39 is 0 Å². The van der Waals surface area contributed by atoms with Gasteiger partial charge >= 0.3 is 0 Å². The van der Waals surface area contributed by atoms with Crippen LogP contribution in [0, 0.1) is 0 Å². The number of aromatic nitrogens is 5. The lowest BCUT2D eigenvalue weighted by atomic mass is 10.2. The molecule has 1 unspecified atom stereocenters. The van der Waals surface area contributed by atoms with E-state index in [1.807, 2.05) is 6.20 Å². The number of fused-ring (bicyclic) bond motifs is 1. The first-order valence-electron chi connectivity index (χ1n) is 6.39. The molecule has 1 N–H and O–H groups in total. The molecule has 7 heteroatoms. The summed E-state index contributed by atoms with van der Waals surface area (Å²) in [6, 6.07) is 0.501. The summed E-state index contributed by atoms with van der Waals surface area (Å²) in [6.45, 7) is 5.26. The summed E-state index contributed by atoms with van der Waals surface area (Å²) >= 11 is 0. The van der Waals surface area contributed by atoms with Gasteiger partial charge in [-0.2, -0.15) is 4.52 Å². The van der Waals surface area contributed by atoms with Crippen molar-refractivity contribution in [3.63, 3.8) is 0 Å². The predicted octanol–water partition coefficient (Wildman–Crippen LogP) is 0.0976. The van der Waals surface area contributed by atoms with Gasteiger partial charge in [0, 0.05) is 19.1 Å². The van der Waals surface area contributed by atoms with Gasteiger partial charge in [0.2, 0.25) is 0 Å². The van der Waals surface area contributed by atoms with E-state index in [1.54, 1.807) is 10.7 Å². The molecule has 1 saturated heterocycles. The SMILES string of the molecule is CCCN(c1cncc2nnnn12)C1CCNC1. The lowest BCUT2D eigenvalue weighted by molar-refractivity contribution is 0.605. The molecular weight excluding hydrogens is 230 g/mol. The molecule has 7 nitrogen and oxygen atoms in total. The lowest BCUT2D eigenvalue weighted by Crippen LogP contribution is -2.38. The molecule has 1 atom stereocenters. The summed E-state index contributed by atoms with van der Waals surface area (Å²) in [4.78, 5) is 6.59. The fourth-order valence-electron chi connectivity index (χ4n) is 2.49. The molecule has 18 heavy (non-hydrogen) atoms. The summed E-state index contributed by atoms with van der Waals surface area (Å²) in [5, 5.41) is 15.1. The Kier molecular flexibility index (Phi) is 3.06. The van der Waals surface area contributed by atoms with Gasteiger partial charge in [-0.25, -0.2) is 0 Å². The quantitative estimate of drug-likeness (QED) is 0.826. The Labute approximate surface area is 105 Å². The van der Waals surface area contributed by atoms with Crippen LogP contribution < -0.4 is 10.2 Å². The van der Waals surface area contributed by atoms with E-state index in [9.17, 15) is 0 Å². The molecule has 0 saturated carbocycles. The number of hydrogen-bond donors (Lipinski definition) is 1. The third-order valence-electron chi connectivity index (χ3n) is 3.32. The summed E-state index contributed by atoms with van der Waals surface area (Å²) in [5.41, 5.74) is 0.694. The molecule has 3 heterocycles. The Morgan fingerprint density at radius 2 is 2.44 bits per heavy atom. The highest BCUT2D eigenvalue weighted by molar-refractivity contribution is 5.47. The molecule has 0 radical (unpaired) electrons. The Bertz CT molecular complexity index is 517. The van der Waals surface area contributed by atoms with Crippen LogP contribution in [-0.4, -0.2) is 50.7 Å². The Morgan fingerprint density at radius 1 is 1.50 bits per heavy atom. The van der Waals surface area contributed by atoms with E-state index in [0.717, 1.165) is 38.3 Å². The minimum absolute atomic E-state index is 0.501. The number of anilines is 1. The standard InChI is InChI=1S/C11H17N7/c1-2-5-17(9-3-4-12-6-9)11-8-13-7-10-14-15-16-18(10)11/h7-9,12H,2-6H2,1H3. The first kappa shape index (κ1) is 11.3. The van der Waals surface area contributed by atoms with Crippen molar-refractivity contribution in [2.75, 3.05) is 24.5 Å². The summed E-state index contributed by atoms with van der Waals surface area (Å²) < 4.78 is 1.76. The van der Waals surface area contributed by atoms with Gasteiger partial charge in [0.1, 0.15) is 0 Å². The van der Waals surface area contributed by atoms with E-state index in [0.29, 0.717) is 11.7 Å². The van der Waals surface area contributed by atoms with Gasteiger partial charge < -0.3 is 10.2 Å². The van der Waals surface area contributed by atoms with Crippen molar-refractivity contribution in [1.29, 1.82) is 0 Å². The molecule has 2 aromatic heterocycles. The predicted molar refractivity (Wildman–Crippen MR) is 67.5 cm³/mol. The second kappa shape index (κ2) is 4.85. The average molecular weight is 247 g/mol. The number of nitrogens with one attached hydrogen (secondary N) is 1. The molecule has 0 amide bonds. The van der Waals surface area contributed by atoms with Gasteiger partial charge in [-0.05, 0) is 29.8 Å². The zero-order chi connectivity index (χ0) is 12.4. The van der Waals surface area contributed by atoms with Crippen molar-refractivity contribution in [2.45, 2.75) is 25.8 Å². The summed E-state index contributed by atoms with van der Waals surface area (Å²) in [7, 11) is 0. The molecule has 2 aromatic rings. The minimum atomic E-state index is 0.501. The highest BCUT2D eigenvalue weighted by Crippen LogP contribution is 2.19. The first-order chi connectivity index (χ1) is 8.90. The van der Waals surface area contributed by atoms with Crippen LogP contribution in [0.25, 0.3) is 5.65 Å². The van der Waals surface area contributed by atoms with Crippen molar-refractivity contribution >= 4 is 11.5 Å². The maximum absolute atomic E-state index is 4.23. The molecule has 1 aliphatic heterocycles. The van der Waals surface area contributed by atoms with Crippen molar-refractivity contribution in [2.24, 2.45) is 0 Å². The second-order valence-electron chi connectivity index (χ2n) is 4.55. The Balaban J connectivity index is 2.00.